The summed E-state index contributed by atoms with van der Waals surface area (Å²) in [6.07, 6.45) is 3.35. The highest BCUT2D eigenvalue weighted by Gasteiger charge is 2.18. The standard InChI is InChI=1S/C23H19FN4O2/c1-2-30-22-8-4-3-7-19(22)26-23(29)20-14-21(16-6-5-13-25-15-16)28(27-20)18-11-9-17(24)10-12-18/h3-15H,2H2,1H3,(H,26,29). The van der Waals surface area contributed by atoms with Crippen LogP contribution in [0, 0.1) is 5.82 Å². The van der Waals surface area contributed by atoms with Crippen LogP contribution >= 0.6 is 0 Å². The molecule has 30 heavy (non-hydrogen) atoms. The Bertz CT molecular complexity index is 1160. The van der Waals surface area contributed by atoms with E-state index in [1.165, 1.54) is 12.1 Å². The number of nitrogens with one attached hydrogen (secondary N) is 1. The van der Waals surface area contributed by atoms with E-state index in [-0.39, 0.29) is 17.4 Å². The lowest BCUT2D eigenvalue weighted by Gasteiger charge is -2.10. The van der Waals surface area contributed by atoms with Crippen LogP contribution in [0.15, 0.2) is 79.1 Å². The lowest BCUT2D eigenvalue weighted by Crippen LogP contribution is -2.14. The zero-order chi connectivity index (χ0) is 20.9. The molecular formula is C23H19FN4O2. The van der Waals surface area contributed by atoms with Crippen molar-refractivity contribution in [2.24, 2.45) is 0 Å². The molecule has 0 unspecified atom stereocenters. The van der Waals surface area contributed by atoms with E-state index in [1.54, 1.807) is 53.5 Å². The Morgan fingerprint density at radius 2 is 1.90 bits per heavy atom. The number of carbonyl (C=O) groups excluding carboxylic acids is 1. The van der Waals surface area contributed by atoms with E-state index in [9.17, 15) is 9.18 Å². The summed E-state index contributed by atoms with van der Waals surface area (Å²) in [6.45, 7) is 2.36. The fourth-order valence-electron chi connectivity index (χ4n) is 3.03. The third-order valence-electron chi connectivity index (χ3n) is 4.41. The highest BCUT2D eigenvalue weighted by Crippen LogP contribution is 2.26. The first kappa shape index (κ1) is 19.3. The summed E-state index contributed by atoms with van der Waals surface area (Å²) in [4.78, 5) is 17.1. The number of halogens is 1. The number of benzene rings is 2. The van der Waals surface area contributed by atoms with Crippen molar-refractivity contribution < 1.29 is 13.9 Å². The molecule has 0 saturated carbocycles. The molecule has 6 nitrogen and oxygen atoms in total. The quantitative estimate of drug-likeness (QED) is 0.506. The van der Waals surface area contributed by atoms with Gasteiger partial charge in [-0.15, -0.1) is 0 Å². The molecular weight excluding hydrogens is 383 g/mol. The lowest BCUT2D eigenvalue weighted by atomic mass is 10.2. The molecule has 0 radical (unpaired) electrons. The van der Waals surface area contributed by atoms with Gasteiger partial charge in [-0.05, 0) is 61.5 Å². The van der Waals surface area contributed by atoms with Gasteiger partial charge in [0.05, 0.1) is 23.7 Å². The van der Waals surface area contributed by atoms with Crippen LogP contribution in [-0.4, -0.2) is 27.3 Å². The van der Waals surface area contributed by atoms with Gasteiger partial charge in [-0.2, -0.15) is 5.10 Å². The minimum Gasteiger partial charge on any atom is -0.492 e. The maximum Gasteiger partial charge on any atom is 0.276 e. The van der Waals surface area contributed by atoms with Gasteiger partial charge in [0.1, 0.15) is 11.6 Å². The number of amides is 1. The topological polar surface area (TPSA) is 69.0 Å². The van der Waals surface area contributed by atoms with Crippen LogP contribution in [0.4, 0.5) is 10.1 Å². The second kappa shape index (κ2) is 8.57. The van der Waals surface area contributed by atoms with Crippen LogP contribution < -0.4 is 10.1 Å². The van der Waals surface area contributed by atoms with Gasteiger partial charge >= 0.3 is 0 Å². The van der Waals surface area contributed by atoms with E-state index in [0.717, 1.165) is 5.56 Å². The number of para-hydroxylation sites is 2. The second-order valence-electron chi connectivity index (χ2n) is 6.43. The maximum atomic E-state index is 13.4. The summed E-state index contributed by atoms with van der Waals surface area (Å²) in [7, 11) is 0. The van der Waals surface area contributed by atoms with E-state index < -0.39 is 0 Å². The molecule has 0 aliphatic carbocycles. The molecule has 0 spiro atoms. The second-order valence-corrected chi connectivity index (χ2v) is 6.43. The number of rotatable bonds is 6. The minimum absolute atomic E-state index is 0.212. The van der Waals surface area contributed by atoms with Gasteiger partial charge in [0.25, 0.3) is 5.91 Å². The molecule has 1 amide bonds. The Balaban J connectivity index is 1.72. The van der Waals surface area contributed by atoms with Crippen LogP contribution in [0.5, 0.6) is 5.75 Å². The van der Waals surface area contributed by atoms with Gasteiger partial charge < -0.3 is 10.1 Å². The summed E-state index contributed by atoms with van der Waals surface area (Å²) in [5.41, 5.74) is 2.85. The summed E-state index contributed by atoms with van der Waals surface area (Å²) in [6, 6.07) is 18.5. The van der Waals surface area contributed by atoms with E-state index in [4.69, 9.17) is 4.74 Å². The van der Waals surface area contributed by atoms with Crippen molar-refractivity contribution in [3.05, 3.63) is 90.6 Å². The van der Waals surface area contributed by atoms with Crippen LogP contribution in [0.1, 0.15) is 17.4 Å². The van der Waals surface area contributed by atoms with E-state index in [1.807, 2.05) is 25.1 Å². The van der Waals surface area contributed by atoms with Crippen molar-refractivity contribution in [2.75, 3.05) is 11.9 Å². The average molecular weight is 402 g/mol. The zero-order valence-electron chi connectivity index (χ0n) is 16.2. The molecule has 2 aromatic heterocycles. The molecule has 0 aliphatic heterocycles. The Morgan fingerprint density at radius 1 is 1.10 bits per heavy atom. The predicted molar refractivity (Wildman–Crippen MR) is 112 cm³/mol. The molecule has 0 aliphatic rings. The number of nitrogens with zero attached hydrogens (tertiary/aromatic N) is 3. The van der Waals surface area contributed by atoms with Crippen molar-refractivity contribution in [1.82, 2.24) is 14.8 Å². The number of hydrogen-bond acceptors (Lipinski definition) is 4. The molecule has 0 bridgehead atoms. The highest BCUT2D eigenvalue weighted by molar-refractivity contribution is 6.04. The molecule has 7 heteroatoms. The summed E-state index contributed by atoms with van der Waals surface area (Å²) in [5, 5.41) is 7.32. The largest absolute Gasteiger partial charge is 0.492 e. The van der Waals surface area contributed by atoms with Crippen LogP contribution in [0.3, 0.4) is 0 Å². The lowest BCUT2D eigenvalue weighted by molar-refractivity contribution is 0.102. The van der Waals surface area contributed by atoms with Gasteiger partial charge in [-0.1, -0.05) is 12.1 Å². The average Bonchev–Trinajstić information content (AvgIpc) is 3.22. The summed E-state index contributed by atoms with van der Waals surface area (Å²) in [5.74, 6) is -0.147. The van der Waals surface area contributed by atoms with E-state index in [2.05, 4.69) is 15.4 Å². The van der Waals surface area contributed by atoms with Gasteiger partial charge in [-0.25, -0.2) is 9.07 Å². The molecule has 2 heterocycles. The molecule has 4 rings (SSSR count). The van der Waals surface area contributed by atoms with Gasteiger partial charge in [0, 0.05) is 18.0 Å². The minimum atomic E-state index is -0.381. The Hall–Kier alpha value is -4.00. The van der Waals surface area contributed by atoms with Crippen molar-refractivity contribution in [1.29, 1.82) is 0 Å². The van der Waals surface area contributed by atoms with E-state index in [0.29, 0.717) is 29.4 Å². The molecule has 4 aromatic rings. The fourth-order valence-corrected chi connectivity index (χ4v) is 3.03. The Morgan fingerprint density at radius 3 is 2.63 bits per heavy atom. The van der Waals surface area contributed by atoms with Crippen molar-refractivity contribution in [3.63, 3.8) is 0 Å². The first-order valence-corrected chi connectivity index (χ1v) is 9.45. The predicted octanol–water partition coefficient (Wildman–Crippen LogP) is 4.72. The SMILES string of the molecule is CCOc1ccccc1NC(=O)c1cc(-c2cccnc2)n(-c2ccc(F)cc2)n1. The van der Waals surface area contributed by atoms with Crippen LogP contribution in [0.2, 0.25) is 0 Å². The summed E-state index contributed by atoms with van der Waals surface area (Å²) < 4.78 is 20.6. The van der Waals surface area contributed by atoms with Crippen molar-refractivity contribution >= 4 is 11.6 Å². The van der Waals surface area contributed by atoms with Crippen molar-refractivity contribution in [3.8, 4) is 22.7 Å². The van der Waals surface area contributed by atoms with Gasteiger partial charge in [0.2, 0.25) is 0 Å². The molecule has 0 fully saturated rings. The Labute approximate surface area is 173 Å². The molecule has 150 valence electrons. The first-order chi connectivity index (χ1) is 14.7. The number of carbonyl (C=O) groups is 1. The number of ether oxygens (including phenoxy) is 1. The number of hydrogen-bond donors (Lipinski definition) is 1. The third-order valence-corrected chi connectivity index (χ3v) is 4.41. The number of pyridine rings is 1. The summed E-state index contributed by atoms with van der Waals surface area (Å²) >= 11 is 0. The molecule has 0 atom stereocenters. The van der Waals surface area contributed by atoms with Crippen molar-refractivity contribution in [2.45, 2.75) is 6.92 Å². The highest BCUT2D eigenvalue weighted by atomic mass is 19.1. The zero-order valence-corrected chi connectivity index (χ0v) is 16.2. The normalized spacial score (nSPS) is 10.6. The molecule has 0 saturated heterocycles. The third kappa shape index (κ3) is 4.05. The van der Waals surface area contributed by atoms with Gasteiger partial charge in [-0.3, -0.25) is 9.78 Å². The maximum absolute atomic E-state index is 13.4. The van der Waals surface area contributed by atoms with Crippen LogP contribution in [0.25, 0.3) is 16.9 Å². The smallest absolute Gasteiger partial charge is 0.276 e. The Kier molecular flexibility index (Phi) is 5.52. The molecule has 1 N–H and O–H groups in total. The monoisotopic (exact) mass is 402 g/mol. The number of aromatic nitrogens is 3. The number of anilines is 1. The molecule has 2 aromatic carbocycles. The fraction of sp³-hybridized carbons (Fsp3) is 0.0870. The first-order valence-electron chi connectivity index (χ1n) is 9.45. The van der Waals surface area contributed by atoms with Crippen LogP contribution in [-0.2, 0) is 0 Å². The van der Waals surface area contributed by atoms with Gasteiger partial charge in [0.15, 0.2) is 5.69 Å². The van der Waals surface area contributed by atoms with E-state index >= 15 is 0 Å².